The number of anilines is 1. The fourth-order valence-corrected chi connectivity index (χ4v) is 7.32. The van der Waals surface area contributed by atoms with Gasteiger partial charge in [-0.15, -0.1) is 0 Å². The van der Waals surface area contributed by atoms with Crippen molar-refractivity contribution in [3.63, 3.8) is 0 Å². The van der Waals surface area contributed by atoms with Crippen LogP contribution >= 0.6 is 0 Å². The zero-order valence-electron chi connectivity index (χ0n) is 22.8. The predicted molar refractivity (Wildman–Crippen MR) is 153 cm³/mol. The molecule has 12 heteroatoms. The Morgan fingerprint density at radius 1 is 1.05 bits per heavy atom. The largest absolute Gasteiger partial charge is 0.381 e. The molecule has 2 fully saturated rings. The van der Waals surface area contributed by atoms with E-state index in [9.17, 15) is 23.1 Å². The van der Waals surface area contributed by atoms with Crippen molar-refractivity contribution in [2.24, 2.45) is 11.0 Å². The highest BCUT2D eigenvalue weighted by Crippen LogP contribution is 2.38. The van der Waals surface area contributed by atoms with E-state index in [0.29, 0.717) is 44.6 Å². The fourth-order valence-electron chi connectivity index (χ4n) is 5.68. The van der Waals surface area contributed by atoms with E-state index in [1.165, 1.54) is 40.7 Å². The van der Waals surface area contributed by atoms with Crippen molar-refractivity contribution in [1.29, 1.82) is 0 Å². The molecule has 5 rings (SSSR count). The third kappa shape index (κ3) is 6.63. The number of hydrogen-bond acceptors (Lipinski definition) is 5. The number of nitrogens with one attached hydrogen (secondary N) is 1. The summed E-state index contributed by atoms with van der Waals surface area (Å²) in [7, 11) is -3.63. The van der Waals surface area contributed by atoms with Gasteiger partial charge in [0.05, 0.1) is 4.90 Å². The van der Waals surface area contributed by atoms with Gasteiger partial charge in [0.15, 0.2) is 0 Å². The van der Waals surface area contributed by atoms with E-state index in [4.69, 9.17) is 4.74 Å². The standard InChI is InChI=1S/C30H31F2N5O4S/c31-22-11-9-20(10-12-22)28(21-15-17-41-18-16-21)29(35-36-33)30(38)34-27-8-4-7-26(32)25(27)14-13-23-19-37(23)42(39,40)24-5-2-1-3-6-24/h1-12,21,23,28-29H,13-19H2,(H,34,38)/t23?,28-,29-,37-/m0/s1. The van der Waals surface area contributed by atoms with Crippen LogP contribution < -0.4 is 5.32 Å². The maximum atomic E-state index is 15.1. The second kappa shape index (κ2) is 13.0. The Kier molecular flexibility index (Phi) is 9.18. The highest BCUT2D eigenvalue weighted by molar-refractivity contribution is 7.89. The number of halogens is 2. The quantitative estimate of drug-likeness (QED) is 0.130. The lowest BCUT2D eigenvalue weighted by molar-refractivity contribution is -0.118. The molecule has 3 aromatic rings. The van der Waals surface area contributed by atoms with Gasteiger partial charge in [0.1, 0.15) is 17.7 Å². The summed E-state index contributed by atoms with van der Waals surface area (Å²) in [6.07, 6.45) is 1.79. The summed E-state index contributed by atoms with van der Waals surface area (Å²) in [6, 6.07) is 16.7. The molecule has 1 unspecified atom stereocenters. The van der Waals surface area contributed by atoms with Gasteiger partial charge in [-0.3, -0.25) is 4.79 Å². The van der Waals surface area contributed by atoms with Gasteiger partial charge in [-0.2, -0.15) is 4.31 Å². The molecule has 0 saturated carbocycles. The van der Waals surface area contributed by atoms with Gasteiger partial charge in [0.2, 0.25) is 15.9 Å². The number of amides is 1. The first-order chi connectivity index (χ1) is 20.3. The lowest BCUT2D eigenvalue weighted by atomic mass is 9.76. The van der Waals surface area contributed by atoms with E-state index < -0.39 is 39.5 Å². The van der Waals surface area contributed by atoms with Crippen LogP contribution in [-0.2, 0) is 26.0 Å². The van der Waals surface area contributed by atoms with Crippen LogP contribution in [0.4, 0.5) is 14.5 Å². The third-order valence-electron chi connectivity index (χ3n) is 7.93. The molecule has 42 heavy (non-hydrogen) atoms. The average Bonchev–Trinajstić information content (AvgIpc) is 3.79. The molecule has 2 heterocycles. The number of carbonyl (C=O) groups excluding carboxylic acids is 1. The number of hydrogen-bond donors (Lipinski definition) is 1. The van der Waals surface area contributed by atoms with Crippen molar-refractivity contribution in [2.75, 3.05) is 25.1 Å². The third-order valence-corrected chi connectivity index (χ3v) is 9.86. The monoisotopic (exact) mass is 595 g/mol. The minimum absolute atomic E-state index is 0.0649. The van der Waals surface area contributed by atoms with Crippen molar-refractivity contribution < 1.29 is 26.7 Å². The zero-order valence-corrected chi connectivity index (χ0v) is 23.6. The first-order valence-electron chi connectivity index (χ1n) is 13.8. The summed E-state index contributed by atoms with van der Waals surface area (Å²) in [4.78, 5) is 16.8. The summed E-state index contributed by atoms with van der Waals surface area (Å²) in [5.41, 5.74) is 10.5. The van der Waals surface area contributed by atoms with Crippen LogP contribution in [0.15, 0.2) is 82.8 Å². The van der Waals surface area contributed by atoms with Gasteiger partial charge in [0.25, 0.3) is 0 Å². The van der Waals surface area contributed by atoms with E-state index >= 15 is 4.39 Å². The lowest BCUT2D eigenvalue weighted by Gasteiger charge is -2.34. The fraction of sp³-hybridized carbons (Fsp3) is 0.367. The molecule has 2 aliphatic heterocycles. The summed E-state index contributed by atoms with van der Waals surface area (Å²) in [6.45, 7) is 1.30. The molecule has 1 N–H and O–H groups in total. The summed E-state index contributed by atoms with van der Waals surface area (Å²) >= 11 is 0. The van der Waals surface area contributed by atoms with Crippen molar-refractivity contribution in [1.82, 2.24) is 4.31 Å². The number of sulfonamides is 1. The molecular formula is C30H31F2N5O4S. The van der Waals surface area contributed by atoms with E-state index in [2.05, 4.69) is 15.3 Å². The average molecular weight is 596 g/mol. The van der Waals surface area contributed by atoms with Crippen LogP contribution in [0.3, 0.4) is 0 Å². The van der Waals surface area contributed by atoms with Crippen LogP contribution in [0.5, 0.6) is 0 Å². The van der Waals surface area contributed by atoms with Crippen molar-refractivity contribution >= 4 is 21.6 Å². The second-order valence-corrected chi connectivity index (χ2v) is 12.4. The Morgan fingerprint density at radius 2 is 1.76 bits per heavy atom. The molecule has 0 spiro atoms. The number of carbonyl (C=O) groups is 1. The normalized spacial score (nSPS) is 20.2. The molecule has 1 amide bonds. The van der Waals surface area contributed by atoms with Crippen molar-refractivity contribution in [3.05, 3.63) is 106 Å². The van der Waals surface area contributed by atoms with Crippen molar-refractivity contribution in [2.45, 2.75) is 48.6 Å². The molecule has 9 nitrogen and oxygen atoms in total. The van der Waals surface area contributed by atoms with Crippen LogP contribution in [0.25, 0.3) is 10.4 Å². The zero-order chi connectivity index (χ0) is 29.7. The molecular weight excluding hydrogens is 564 g/mol. The molecule has 0 aliphatic carbocycles. The van der Waals surface area contributed by atoms with Crippen LogP contribution in [0, 0.1) is 17.6 Å². The molecule has 0 aromatic heterocycles. The maximum Gasteiger partial charge on any atom is 0.243 e. The topological polar surface area (TPSA) is 124 Å². The highest BCUT2D eigenvalue weighted by Gasteiger charge is 2.44. The lowest BCUT2D eigenvalue weighted by Crippen LogP contribution is -2.37. The molecule has 2 aliphatic rings. The first-order valence-corrected chi connectivity index (χ1v) is 15.3. The van der Waals surface area contributed by atoms with Crippen LogP contribution in [0.2, 0.25) is 0 Å². The SMILES string of the molecule is [N-]=[N+]=N[C@H](C(=O)Nc1cccc(F)c1CCC1C[N@]1S(=O)(=O)c1ccccc1)[C@@H](c1ccc(F)cc1)C1CCOCC1. The number of nitrogens with zero attached hydrogens (tertiary/aromatic N) is 4. The first kappa shape index (κ1) is 29.7. The van der Waals surface area contributed by atoms with E-state index in [1.54, 1.807) is 36.4 Å². The van der Waals surface area contributed by atoms with E-state index in [1.807, 2.05) is 0 Å². The molecule has 2 saturated heterocycles. The maximum absolute atomic E-state index is 15.1. The molecule has 4 atom stereocenters. The van der Waals surface area contributed by atoms with Gasteiger partial charge in [0, 0.05) is 47.9 Å². The Morgan fingerprint density at radius 3 is 2.45 bits per heavy atom. The molecule has 220 valence electrons. The number of ether oxygens (including phenoxy) is 1. The number of rotatable bonds is 11. The van der Waals surface area contributed by atoms with Gasteiger partial charge in [-0.25, -0.2) is 17.2 Å². The van der Waals surface area contributed by atoms with Crippen LogP contribution in [0.1, 0.15) is 36.3 Å². The molecule has 0 radical (unpaired) electrons. The van der Waals surface area contributed by atoms with Crippen molar-refractivity contribution in [3.8, 4) is 0 Å². The minimum atomic E-state index is -3.63. The molecule has 0 bridgehead atoms. The predicted octanol–water partition coefficient (Wildman–Crippen LogP) is 5.80. The Labute approximate surface area is 243 Å². The van der Waals surface area contributed by atoms with E-state index in [-0.39, 0.29) is 34.5 Å². The van der Waals surface area contributed by atoms with Gasteiger partial charge < -0.3 is 10.1 Å². The highest BCUT2D eigenvalue weighted by atomic mass is 32.2. The Bertz CT molecular complexity index is 1560. The summed E-state index contributed by atoms with van der Waals surface area (Å²) < 4.78 is 61.4. The second-order valence-electron chi connectivity index (χ2n) is 10.5. The number of azide groups is 1. The van der Waals surface area contributed by atoms with Gasteiger partial charge in [-0.1, -0.05) is 41.5 Å². The number of benzene rings is 3. The Balaban J connectivity index is 1.34. The minimum Gasteiger partial charge on any atom is -0.381 e. The van der Waals surface area contributed by atoms with Gasteiger partial charge >= 0.3 is 0 Å². The summed E-state index contributed by atoms with van der Waals surface area (Å²) in [5.74, 6) is -2.19. The van der Waals surface area contributed by atoms with Gasteiger partial charge in [-0.05, 0) is 79.1 Å². The summed E-state index contributed by atoms with van der Waals surface area (Å²) in [5, 5.41) is 6.63. The van der Waals surface area contributed by atoms with Crippen LogP contribution in [-0.4, -0.2) is 50.5 Å². The Hall–Kier alpha value is -3.83. The molecule has 3 aromatic carbocycles. The van der Waals surface area contributed by atoms with E-state index in [0.717, 1.165) is 0 Å². The smallest absolute Gasteiger partial charge is 0.243 e.